The maximum absolute atomic E-state index is 11.3. The average Bonchev–Trinajstić information content (AvgIpc) is 2.24. The molecule has 3 amide bonds. The molecule has 7 nitrogen and oxygen atoms in total. The molecule has 0 fully saturated rings. The van der Waals surface area contributed by atoms with Crippen LogP contribution in [-0.4, -0.2) is 42.5 Å². The summed E-state index contributed by atoms with van der Waals surface area (Å²) in [5, 5.41) is 7.73. The lowest BCUT2D eigenvalue weighted by Gasteiger charge is -2.16. The number of hydrogen-bond acceptors (Lipinski definition) is 4. The van der Waals surface area contributed by atoms with Gasteiger partial charge in [0.2, 0.25) is 5.91 Å². The first kappa shape index (κ1) is 13.6. The van der Waals surface area contributed by atoms with Crippen molar-refractivity contribution in [2.24, 2.45) is 5.29 Å². The number of carbonyl (C=O) groups excluding carboxylic acids is 2. The predicted octanol–water partition coefficient (Wildman–Crippen LogP) is 0.0527. The molecule has 0 rings (SSSR count). The maximum atomic E-state index is 11.3. The summed E-state index contributed by atoms with van der Waals surface area (Å²) in [4.78, 5) is 32.5. The molecule has 1 atom stereocenters. The van der Waals surface area contributed by atoms with Crippen molar-refractivity contribution in [3.05, 3.63) is 4.91 Å². The van der Waals surface area contributed by atoms with Gasteiger partial charge in [0.05, 0.1) is 11.8 Å². The van der Waals surface area contributed by atoms with Gasteiger partial charge in [-0.2, -0.15) is 5.01 Å². The molecular weight excluding hydrogens is 224 g/mol. The zero-order valence-electron chi connectivity index (χ0n) is 8.49. The van der Waals surface area contributed by atoms with Crippen LogP contribution in [0.3, 0.4) is 0 Å². The lowest BCUT2D eigenvalue weighted by molar-refractivity contribution is -0.122. The Kier molecular flexibility index (Phi) is 6.35. The van der Waals surface area contributed by atoms with E-state index in [9.17, 15) is 14.5 Å². The second-order valence-electron chi connectivity index (χ2n) is 2.68. The molecule has 8 heteroatoms. The minimum Gasteiger partial charge on any atom is -0.357 e. The molecule has 0 unspecified atom stereocenters. The molecule has 0 aliphatic rings. The van der Waals surface area contributed by atoms with Gasteiger partial charge >= 0.3 is 6.03 Å². The molecule has 0 radical (unpaired) electrons. The lowest BCUT2D eigenvalue weighted by Crippen LogP contribution is -2.48. The summed E-state index contributed by atoms with van der Waals surface area (Å²) in [5.41, 5.74) is 0. The van der Waals surface area contributed by atoms with E-state index in [4.69, 9.17) is 11.6 Å². The molecule has 0 aliphatic carbocycles. The number of rotatable bonds is 5. The van der Waals surface area contributed by atoms with Crippen molar-refractivity contribution in [1.82, 2.24) is 15.6 Å². The highest BCUT2D eigenvalue weighted by molar-refractivity contribution is 6.18. The standard InChI is InChI=1S/C7H13ClN4O3/c1-5(6(13)9-2)10-7(14)12(11-15)4-3-8/h5H,3-4H2,1-2H3,(H,9,13)(H,10,14)/t5-/m0/s1. The van der Waals surface area contributed by atoms with Crippen molar-refractivity contribution in [1.29, 1.82) is 0 Å². The third-order valence-corrected chi connectivity index (χ3v) is 1.78. The number of likely N-dealkylation sites (N-methyl/N-ethyl adjacent to an activating group) is 1. The highest BCUT2D eigenvalue weighted by Gasteiger charge is 2.19. The minimum absolute atomic E-state index is 0.00263. The summed E-state index contributed by atoms with van der Waals surface area (Å²) >= 11 is 5.35. The van der Waals surface area contributed by atoms with E-state index in [1.165, 1.54) is 14.0 Å². The molecule has 15 heavy (non-hydrogen) atoms. The number of halogens is 1. The minimum atomic E-state index is -0.748. The summed E-state index contributed by atoms with van der Waals surface area (Å²) < 4.78 is 0. The Morgan fingerprint density at radius 3 is 2.53 bits per heavy atom. The van der Waals surface area contributed by atoms with Crippen LogP contribution in [0.1, 0.15) is 6.92 Å². The van der Waals surface area contributed by atoms with Crippen LogP contribution in [0.2, 0.25) is 0 Å². The number of hydrogen-bond donors (Lipinski definition) is 2. The van der Waals surface area contributed by atoms with Gasteiger partial charge in [0.15, 0.2) is 0 Å². The fraction of sp³-hybridized carbons (Fsp3) is 0.714. The fourth-order valence-electron chi connectivity index (χ4n) is 0.801. The van der Waals surface area contributed by atoms with Gasteiger partial charge < -0.3 is 10.6 Å². The smallest absolute Gasteiger partial charge is 0.341 e. The molecule has 0 aliphatic heterocycles. The molecule has 0 spiro atoms. The van der Waals surface area contributed by atoms with Crippen LogP contribution < -0.4 is 10.6 Å². The van der Waals surface area contributed by atoms with E-state index in [-0.39, 0.29) is 18.3 Å². The second-order valence-corrected chi connectivity index (χ2v) is 3.06. The monoisotopic (exact) mass is 236 g/mol. The van der Waals surface area contributed by atoms with E-state index in [0.717, 1.165) is 0 Å². The van der Waals surface area contributed by atoms with Crippen molar-refractivity contribution < 1.29 is 9.59 Å². The first-order valence-corrected chi connectivity index (χ1v) is 4.79. The molecule has 0 bridgehead atoms. The van der Waals surface area contributed by atoms with Gasteiger partial charge in [0.1, 0.15) is 6.04 Å². The molecule has 86 valence electrons. The van der Waals surface area contributed by atoms with Crippen LogP contribution in [0.5, 0.6) is 0 Å². The van der Waals surface area contributed by atoms with Gasteiger partial charge in [-0.25, -0.2) is 4.79 Å². The number of alkyl halides is 1. The Bertz CT molecular complexity index is 248. The Hall–Kier alpha value is -1.37. The molecule has 0 heterocycles. The van der Waals surface area contributed by atoms with E-state index in [2.05, 4.69) is 15.9 Å². The van der Waals surface area contributed by atoms with E-state index >= 15 is 0 Å². The number of amides is 3. The molecule has 0 saturated carbocycles. The van der Waals surface area contributed by atoms with Crippen LogP contribution >= 0.6 is 11.6 Å². The molecule has 2 N–H and O–H groups in total. The Labute approximate surface area is 92.1 Å². The van der Waals surface area contributed by atoms with E-state index in [1.807, 2.05) is 0 Å². The van der Waals surface area contributed by atoms with Crippen molar-refractivity contribution in [3.63, 3.8) is 0 Å². The van der Waals surface area contributed by atoms with Crippen molar-refractivity contribution in [3.8, 4) is 0 Å². The van der Waals surface area contributed by atoms with Gasteiger partial charge in [-0.3, -0.25) is 4.79 Å². The van der Waals surface area contributed by atoms with Gasteiger partial charge in [0, 0.05) is 12.9 Å². The van der Waals surface area contributed by atoms with Crippen LogP contribution in [0.4, 0.5) is 4.79 Å². The predicted molar refractivity (Wildman–Crippen MR) is 55.3 cm³/mol. The van der Waals surface area contributed by atoms with Gasteiger partial charge in [-0.05, 0) is 6.92 Å². The summed E-state index contributed by atoms with van der Waals surface area (Å²) in [6, 6.07) is -1.48. The lowest BCUT2D eigenvalue weighted by atomic mass is 10.3. The van der Waals surface area contributed by atoms with Gasteiger partial charge in [-0.1, -0.05) is 0 Å². The molecule has 0 aromatic carbocycles. The Morgan fingerprint density at radius 2 is 2.13 bits per heavy atom. The third-order valence-electron chi connectivity index (χ3n) is 1.61. The van der Waals surface area contributed by atoms with Crippen LogP contribution in [0, 0.1) is 4.91 Å². The molecule has 0 saturated heterocycles. The normalized spacial score (nSPS) is 11.4. The average molecular weight is 237 g/mol. The summed E-state index contributed by atoms with van der Waals surface area (Å²) in [7, 11) is 1.44. The maximum Gasteiger partial charge on any atom is 0.341 e. The first-order chi connectivity index (χ1) is 7.06. The largest absolute Gasteiger partial charge is 0.357 e. The number of nitrogens with one attached hydrogen (secondary N) is 2. The van der Waals surface area contributed by atoms with E-state index in [0.29, 0.717) is 5.01 Å². The highest BCUT2D eigenvalue weighted by Crippen LogP contribution is 1.93. The van der Waals surface area contributed by atoms with Crippen LogP contribution in [0.25, 0.3) is 0 Å². The number of nitroso groups, excluding NO2 is 1. The van der Waals surface area contributed by atoms with E-state index < -0.39 is 12.1 Å². The quantitative estimate of drug-likeness (QED) is 0.402. The zero-order valence-corrected chi connectivity index (χ0v) is 9.24. The summed E-state index contributed by atoms with van der Waals surface area (Å²) in [6.45, 7) is 1.48. The second kappa shape index (κ2) is 6.99. The van der Waals surface area contributed by atoms with Gasteiger partial charge in [0.25, 0.3) is 0 Å². The Balaban J connectivity index is 4.21. The third kappa shape index (κ3) is 4.59. The molecule has 0 aromatic heterocycles. The Morgan fingerprint density at radius 1 is 1.53 bits per heavy atom. The first-order valence-electron chi connectivity index (χ1n) is 4.25. The fourth-order valence-corrected chi connectivity index (χ4v) is 0.961. The van der Waals surface area contributed by atoms with E-state index in [1.54, 1.807) is 0 Å². The van der Waals surface area contributed by atoms with Crippen LogP contribution in [0.15, 0.2) is 5.29 Å². The molecular formula is C7H13ClN4O3. The number of urea groups is 1. The SMILES string of the molecule is CNC(=O)[C@H](C)NC(=O)N(CCCl)N=O. The topological polar surface area (TPSA) is 90.9 Å². The van der Waals surface area contributed by atoms with Crippen molar-refractivity contribution >= 4 is 23.5 Å². The summed E-state index contributed by atoms with van der Waals surface area (Å²) in [5.74, 6) is -0.270. The number of nitrogens with zero attached hydrogens (tertiary/aromatic N) is 2. The number of carbonyl (C=O) groups is 2. The molecule has 0 aromatic rings. The van der Waals surface area contributed by atoms with Crippen LogP contribution in [-0.2, 0) is 4.79 Å². The van der Waals surface area contributed by atoms with Crippen molar-refractivity contribution in [2.45, 2.75) is 13.0 Å². The highest BCUT2D eigenvalue weighted by atomic mass is 35.5. The van der Waals surface area contributed by atoms with Crippen molar-refractivity contribution in [2.75, 3.05) is 19.5 Å². The summed E-state index contributed by atoms with van der Waals surface area (Å²) in [6.07, 6.45) is 0. The zero-order chi connectivity index (χ0) is 11.8. The van der Waals surface area contributed by atoms with Gasteiger partial charge in [-0.15, -0.1) is 16.5 Å².